The van der Waals surface area contributed by atoms with Crippen LogP contribution in [0.1, 0.15) is 34.7 Å². The normalized spacial score (nSPS) is 20.0. The fraction of sp³-hybridized carbons (Fsp3) is 0.583. The lowest BCUT2D eigenvalue weighted by Gasteiger charge is -2.10. The van der Waals surface area contributed by atoms with Crippen LogP contribution in [0.25, 0.3) is 0 Å². The molecule has 1 N–H and O–H groups in total. The molecule has 1 fully saturated rings. The molecule has 1 aromatic heterocycles. The van der Waals surface area contributed by atoms with Gasteiger partial charge in [-0.05, 0) is 32.8 Å². The Bertz CT molecular complexity index is 378. The van der Waals surface area contributed by atoms with Crippen LogP contribution in [0.15, 0.2) is 10.5 Å². The van der Waals surface area contributed by atoms with Gasteiger partial charge in [-0.3, -0.25) is 4.79 Å². The third-order valence-corrected chi connectivity index (χ3v) is 2.80. The molecule has 1 amide bonds. The van der Waals surface area contributed by atoms with E-state index < -0.39 is 0 Å². The van der Waals surface area contributed by atoms with Crippen molar-refractivity contribution in [2.24, 2.45) is 0 Å². The first-order valence-corrected chi connectivity index (χ1v) is 5.63. The summed E-state index contributed by atoms with van der Waals surface area (Å²) in [7, 11) is 0. The molecule has 0 spiro atoms. The van der Waals surface area contributed by atoms with E-state index in [9.17, 15) is 4.79 Å². The van der Waals surface area contributed by atoms with Crippen LogP contribution in [0.5, 0.6) is 0 Å². The summed E-state index contributed by atoms with van der Waals surface area (Å²) in [4.78, 5) is 11.8. The molecule has 2 rings (SSSR count). The number of nitrogens with one attached hydrogen (secondary N) is 1. The van der Waals surface area contributed by atoms with E-state index in [0.717, 1.165) is 25.2 Å². The van der Waals surface area contributed by atoms with Gasteiger partial charge in [-0.15, -0.1) is 0 Å². The van der Waals surface area contributed by atoms with Gasteiger partial charge in [-0.25, -0.2) is 0 Å². The average molecular weight is 223 g/mol. The van der Waals surface area contributed by atoms with E-state index in [-0.39, 0.29) is 12.0 Å². The molecule has 2 heterocycles. The van der Waals surface area contributed by atoms with Gasteiger partial charge in [-0.2, -0.15) is 0 Å². The van der Waals surface area contributed by atoms with Crippen LogP contribution in [0.3, 0.4) is 0 Å². The number of hydrogen-bond acceptors (Lipinski definition) is 3. The number of rotatable bonds is 3. The summed E-state index contributed by atoms with van der Waals surface area (Å²) in [6.45, 7) is 5.03. The smallest absolute Gasteiger partial charge is 0.254 e. The molecule has 1 aromatic rings. The summed E-state index contributed by atoms with van der Waals surface area (Å²) >= 11 is 0. The Labute approximate surface area is 95.0 Å². The Morgan fingerprint density at radius 1 is 1.56 bits per heavy atom. The molecular weight excluding hydrogens is 206 g/mol. The SMILES string of the molecule is Cc1cc(C(=O)NC[C@H]2CCCO2)c(C)o1. The fourth-order valence-electron chi connectivity index (χ4n) is 1.96. The van der Waals surface area contributed by atoms with Crippen LogP contribution in [0, 0.1) is 13.8 Å². The quantitative estimate of drug-likeness (QED) is 0.850. The highest BCUT2D eigenvalue weighted by Gasteiger charge is 2.18. The minimum absolute atomic E-state index is 0.0788. The van der Waals surface area contributed by atoms with Gasteiger partial charge in [0.25, 0.3) is 5.91 Å². The Morgan fingerprint density at radius 2 is 2.38 bits per heavy atom. The van der Waals surface area contributed by atoms with Crippen LogP contribution in [-0.4, -0.2) is 25.2 Å². The van der Waals surface area contributed by atoms with E-state index in [1.807, 2.05) is 6.92 Å². The molecule has 1 aliphatic rings. The molecule has 1 aliphatic heterocycles. The lowest BCUT2D eigenvalue weighted by atomic mass is 10.2. The maximum absolute atomic E-state index is 11.8. The van der Waals surface area contributed by atoms with Gasteiger partial charge in [0.1, 0.15) is 11.5 Å². The van der Waals surface area contributed by atoms with Crippen LogP contribution >= 0.6 is 0 Å². The van der Waals surface area contributed by atoms with Crippen LogP contribution in [0.2, 0.25) is 0 Å². The molecule has 0 aliphatic carbocycles. The standard InChI is InChI=1S/C12H17NO3/c1-8-6-11(9(2)16-8)12(14)13-7-10-4-3-5-15-10/h6,10H,3-5,7H2,1-2H3,(H,13,14)/t10-/m1/s1. The first-order valence-electron chi connectivity index (χ1n) is 5.63. The number of carbonyl (C=O) groups is 1. The van der Waals surface area contributed by atoms with E-state index >= 15 is 0 Å². The van der Waals surface area contributed by atoms with Crippen molar-refractivity contribution in [3.8, 4) is 0 Å². The largest absolute Gasteiger partial charge is 0.466 e. The molecule has 0 aromatic carbocycles. The predicted octanol–water partition coefficient (Wildman–Crippen LogP) is 1.81. The van der Waals surface area contributed by atoms with E-state index in [4.69, 9.17) is 9.15 Å². The Morgan fingerprint density at radius 3 is 2.94 bits per heavy atom. The van der Waals surface area contributed by atoms with Gasteiger partial charge in [0.05, 0.1) is 11.7 Å². The van der Waals surface area contributed by atoms with Crippen molar-refractivity contribution in [1.29, 1.82) is 0 Å². The Hall–Kier alpha value is -1.29. The van der Waals surface area contributed by atoms with Gasteiger partial charge in [-0.1, -0.05) is 0 Å². The molecule has 4 heteroatoms. The van der Waals surface area contributed by atoms with Gasteiger partial charge >= 0.3 is 0 Å². The maximum atomic E-state index is 11.8. The van der Waals surface area contributed by atoms with Crippen molar-refractivity contribution >= 4 is 5.91 Å². The number of furan rings is 1. The van der Waals surface area contributed by atoms with E-state index in [2.05, 4.69) is 5.32 Å². The summed E-state index contributed by atoms with van der Waals surface area (Å²) in [5.74, 6) is 1.35. The Kier molecular flexibility index (Phi) is 3.29. The molecular formula is C12H17NO3. The van der Waals surface area contributed by atoms with Gasteiger partial charge in [0.2, 0.25) is 0 Å². The number of aryl methyl sites for hydroxylation is 2. The molecule has 88 valence electrons. The van der Waals surface area contributed by atoms with E-state index in [1.165, 1.54) is 0 Å². The molecule has 0 saturated carbocycles. The summed E-state index contributed by atoms with van der Waals surface area (Å²) in [6, 6.07) is 1.76. The number of carbonyl (C=O) groups excluding carboxylic acids is 1. The summed E-state index contributed by atoms with van der Waals surface area (Å²) < 4.78 is 10.8. The minimum atomic E-state index is -0.0788. The summed E-state index contributed by atoms with van der Waals surface area (Å²) in [6.07, 6.45) is 2.30. The third kappa shape index (κ3) is 2.44. The minimum Gasteiger partial charge on any atom is -0.466 e. The van der Waals surface area contributed by atoms with Crippen LogP contribution in [-0.2, 0) is 4.74 Å². The lowest BCUT2D eigenvalue weighted by Crippen LogP contribution is -2.31. The second kappa shape index (κ2) is 4.70. The van der Waals surface area contributed by atoms with Gasteiger partial charge in [0.15, 0.2) is 0 Å². The first-order chi connectivity index (χ1) is 7.66. The molecule has 1 saturated heterocycles. The van der Waals surface area contributed by atoms with Crippen molar-refractivity contribution in [2.75, 3.05) is 13.2 Å². The van der Waals surface area contributed by atoms with Crippen molar-refractivity contribution in [2.45, 2.75) is 32.8 Å². The highest BCUT2D eigenvalue weighted by Crippen LogP contribution is 2.14. The van der Waals surface area contributed by atoms with E-state index in [0.29, 0.717) is 17.9 Å². The van der Waals surface area contributed by atoms with Gasteiger partial charge < -0.3 is 14.5 Å². The molecule has 0 radical (unpaired) electrons. The highest BCUT2D eigenvalue weighted by atomic mass is 16.5. The maximum Gasteiger partial charge on any atom is 0.254 e. The second-order valence-corrected chi connectivity index (χ2v) is 4.17. The fourth-order valence-corrected chi connectivity index (χ4v) is 1.96. The number of amides is 1. The van der Waals surface area contributed by atoms with E-state index in [1.54, 1.807) is 13.0 Å². The third-order valence-electron chi connectivity index (χ3n) is 2.80. The zero-order valence-corrected chi connectivity index (χ0v) is 9.71. The monoisotopic (exact) mass is 223 g/mol. The van der Waals surface area contributed by atoms with Crippen molar-refractivity contribution in [1.82, 2.24) is 5.32 Å². The zero-order valence-electron chi connectivity index (χ0n) is 9.71. The molecule has 4 nitrogen and oxygen atoms in total. The van der Waals surface area contributed by atoms with Crippen molar-refractivity contribution in [3.05, 3.63) is 23.2 Å². The van der Waals surface area contributed by atoms with Gasteiger partial charge in [0, 0.05) is 13.2 Å². The van der Waals surface area contributed by atoms with Crippen LogP contribution < -0.4 is 5.32 Å². The summed E-state index contributed by atoms with van der Waals surface area (Å²) in [5.41, 5.74) is 0.621. The molecule has 0 unspecified atom stereocenters. The number of hydrogen-bond donors (Lipinski definition) is 1. The molecule has 16 heavy (non-hydrogen) atoms. The topological polar surface area (TPSA) is 51.5 Å². The predicted molar refractivity (Wildman–Crippen MR) is 59.5 cm³/mol. The summed E-state index contributed by atoms with van der Waals surface area (Å²) in [5, 5.41) is 2.87. The lowest BCUT2D eigenvalue weighted by molar-refractivity contribution is 0.0856. The highest BCUT2D eigenvalue weighted by molar-refractivity contribution is 5.95. The van der Waals surface area contributed by atoms with Crippen LogP contribution in [0.4, 0.5) is 0 Å². The van der Waals surface area contributed by atoms with Crippen molar-refractivity contribution < 1.29 is 13.9 Å². The number of ether oxygens (including phenoxy) is 1. The van der Waals surface area contributed by atoms with Crippen molar-refractivity contribution in [3.63, 3.8) is 0 Å². The Balaban J connectivity index is 1.90. The molecule has 1 atom stereocenters. The first kappa shape index (κ1) is 11.2. The molecule has 0 bridgehead atoms. The second-order valence-electron chi connectivity index (χ2n) is 4.17. The zero-order chi connectivity index (χ0) is 11.5. The average Bonchev–Trinajstić information content (AvgIpc) is 2.84.